The first kappa shape index (κ1) is 24.8. The van der Waals surface area contributed by atoms with Gasteiger partial charge in [-0.1, -0.05) is 30.3 Å². The molecule has 168 valence electrons. The zero-order chi connectivity index (χ0) is 23.6. The number of rotatable bonds is 7. The smallest absolute Gasteiger partial charge is 0.400 e. The molecule has 1 aliphatic heterocycles. The molecule has 0 aromatic heterocycles. The topological polar surface area (TPSA) is 81.7 Å². The molecule has 2 rings (SSSR count). The molecule has 1 amide bonds. The van der Waals surface area contributed by atoms with E-state index in [0.29, 0.717) is 11.0 Å². The van der Waals surface area contributed by atoms with Crippen molar-refractivity contribution in [2.45, 2.75) is 58.4 Å². The fourth-order valence-electron chi connectivity index (χ4n) is 2.75. The molecule has 0 bridgehead atoms. The molecule has 0 atom stereocenters. The molecule has 10 heteroatoms. The molecule has 1 aromatic rings. The van der Waals surface area contributed by atoms with Crippen molar-refractivity contribution in [3.8, 4) is 0 Å². The van der Waals surface area contributed by atoms with Gasteiger partial charge in [-0.2, -0.15) is 13.2 Å². The molecular formula is C21H25BF3NO5. The van der Waals surface area contributed by atoms with Crippen LogP contribution in [0, 0.1) is 0 Å². The van der Waals surface area contributed by atoms with Crippen LogP contribution < -0.4 is 5.32 Å². The Morgan fingerprint density at radius 2 is 1.55 bits per heavy atom. The molecular weight excluding hydrogens is 414 g/mol. The Morgan fingerprint density at radius 1 is 1.03 bits per heavy atom. The van der Waals surface area contributed by atoms with Gasteiger partial charge in [0.05, 0.1) is 17.6 Å². The molecule has 0 unspecified atom stereocenters. The number of carbonyl (C=O) groups excluding carboxylic acids is 3. The predicted octanol–water partition coefficient (Wildman–Crippen LogP) is 3.54. The van der Waals surface area contributed by atoms with Crippen molar-refractivity contribution in [3.05, 3.63) is 40.9 Å². The fourth-order valence-corrected chi connectivity index (χ4v) is 2.75. The number of halogens is 3. The van der Waals surface area contributed by atoms with Crippen LogP contribution in [0.5, 0.6) is 0 Å². The Labute approximate surface area is 179 Å². The molecule has 0 aliphatic carbocycles. The van der Waals surface area contributed by atoms with Gasteiger partial charge in [0.1, 0.15) is 0 Å². The van der Waals surface area contributed by atoms with E-state index in [1.54, 1.807) is 6.08 Å². The molecule has 1 aliphatic rings. The number of hydrogen-bond donors (Lipinski definition) is 1. The van der Waals surface area contributed by atoms with Gasteiger partial charge < -0.3 is 14.6 Å². The lowest BCUT2D eigenvalue weighted by molar-refractivity contribution is -0.170. The van der Waals surface area contributed by atoms with Crippen molar-refractivity contribution in [2.75, 3.05) is 6.54 Å². The highest BCUT2D eigenvalue weighted by atomic mass is 19.4. The van der Waals surface area contributed by atoms with Crippen molar-refractivity contribution in [1.29, 1.82) is 0 Å². The monoisotopic (exact) mass is 439 g/mol. The van der Waals surface area contributed by atoms with Crippen molar-refractivity contribution >= 4 is 30.7 Å². The first-order valence-electron chi connectivity index (χ1n) is 9.66. The van der Waals surface area contributed by atoms with E-state index in [2.05, 4.69) is 5.32 Å². The van der Waals surface area contributed by atoms with E-state index in [0.717, 1.165) is 0 Å². The van der Waals surface area contributed by atoms with Crippen molar-refractivity contribution in [1.82, 2.24) is 5.32 Å². The first-order chi connectivity index (χ1) is 14.1. The van der Waals surface area contributed by atoms with Crippen LogP contribution in [-0.2, 0) is 18.9 Å². The standard InChI is InChI=1S/C21H25BF3NO5/c1-13(27)26-12-16(22-30-19(2,3)20(4,5)31-22)10-14-6-8-15(9-7-14)17(28)11-18(29)21(23,24)25/h6-10H,11-12H2,1-5H3,(H,26,27). The lowest BCUT2D eigenvalue weighted by Gasteiger charge is -2.32. The van der Waals surface area contributed by atoms with Gasteiger partial charge in [0, 0.05) is 19.0 Å². The van der Waals surface area contributed by atoms with E-state index in [1.807, 2.05) is 27.7 Å². The number of alkyl halides is 3. The number of amides is 1. The molecule has 1 aromatic carbocycles. The first-order valence-corrected chi connectivity index (χ1v) is 9.66. The molecule has 31 heavy (non-hydrogen) atoms. The van der Waals surface area contributed by atoms with E-state index in [9.17, 15) is 27.6 Å². The number of carbonyl (C=O) groups is 3. The summed E-state index contributed by atoms with van der Waals surface area (Å²) in [6.07, 6.45) is -4.56. The minimum Gasteiger partial charge on any atom is -0.400 e. The van der Waals surface area contributed by atoms with Gasteiger partial charge in [0.15, 0.2) is 5.78 Å². The Bertz CT molecular complexity index is 875. The van der Waals surface area contributed by atoms with Crippen LogP contribution in [0.1, 0.15) is 57.0 Å². The summed E-state index contributed by atoms with van der Waals surface area (Å²) >= 11 is 0. The zero-order valence-electron chi connectivity index (χ0n) is 18.1. The summed E-state index contributed by atoms with van der Waals surface area (Å²) in [5.74, 6) is -3.24. The summed E-state index contributed by atoms with van der Waals surface area (Å²) < 4.78 is 49.1. The van der Waals surface area contributed by atoms with E-state index >= 15 is 0 Å². The highest BCUT2D eigenvalue weighted by molar-refractivity contribution is 6.56. The lowest BCUT2D eigenvalue weighted by atomic mass is 9.77. The second-order valence-electron chi connectivity index (χ2n) is 8.36. The van der Waals surface area contributed by atoms with Crippen molar-refractivity contribution in [2.24, 2.45) is 0 Å². The SMILES string of the molecule is CC(=O)NCC(=Cc1ccc(C(=O)CC(=O)C(F)(F)F)cc1)B1OC(C)(C)C(C)(C)O1. The summed E-state index contributed by atoms with van der Waals surface area (Å²) in [5.41, 5.74) is 0.0606. The summed E-state index contributed by atoms with van der Waals surface area (Å²) in [5, 5.41) is 2.70. The second-order valence-corrected chi connectivity index (χ2v) is 8.36. The molecule has 1 heterocycles. The minimum atomic E-state index is -5.04. The highest BCUT2D eigenvalue weighted by Crippen LogP contribution is 2.38. The van der Waals surface area contributed by atoms with Crippen LogP contribution >= 0.6 is 0 Å². The van der Waals surface area contributed by atoms with Gasteiger partial charge in [-0.25, -0.2) is 0 Å². The molecule has 0 radical (unpaired) electrons. The van der Waals surface area contributed by atoms with E-state index in [1.165, 1.54) is 31.2 Å². The lowest BCUT2D eigenvalue weighted by Crippen LogP contribution is -2.41. The van der Waals surface area contributed by atoms with Crippen LogP contribution in [0.3, 0.4) is 0 Å². The Balaban J connectivity index is 2.23. The van der Waals surface area contributed by atoms with Gasteiger partial charge >= 0.3 is 13.3 Å². The third-order valence-corrected chi connectivity index (χ3v) is 5.32. The largest absolute Gasteiger partial charge is 0.492 e. The predicted molar refractivity (Wildman–Crippen MR) is 109 cm³/mol. The zero-order valence-corrected chi connectivity index (χ0v) is 18.1. The Morgan fingerprint density at radius 3 is 2.00 bits per heavy atom. The fraction of sp³-hybridized carbons (Fsp3) is 0.476. The molecule has 1 saturated heterocycles. The number of hydrogen-bond acceptors (Lipinski definition) is 5. The van der Waals surface area contributed by atoms with Crippen LogP contribution in [0.15, 0.2) is 29.7 Å². The van der Waals surface area contributed by atoms with Crippen molar-refractivity contribution < 1.29 is 36.9 Å². The average Bonchev–Trinajstić information content (AvgIpc) is 2.85. The number of Topliss-reactive ketones (excluding diaryl/α,β-unsaturated/α-hetero) is 2. The normalized spacial score (nSPS) is 18.1. The van der Waals surface area contributed by atoms with Crippen molar-refractivity contribution in [3.63, 3.8) is 0 Å². The van der Waals surface area contributed by atoms with Crippen LogP contribution in [0.2, 0.25) is 0 Å². The van der Waals surface area contributed by atoms with Crippen LogP contribution in [0.4, 0.5) is 13.2 Å². The Kier molecular flexibility index (Phi) is 7.17. The molecule has 1 fully saturated rings. The van der Waals surface area contributed by atoms with Gasteiger partial charge in [0.2, 0.25) is 11.7 Å². The van der Waals surface area contributed by atoms with Crippen LogP contribution in [0.25, 0.3) is 6.08 Å². The minimum absolute atomic E-state index is 0.00575. The number of ketones is 2. The van der Waals surface area contributed by atoms with Gasteiger partial charge in [-0.05, 0) is 38.7 Å². The molecule has 0 spiro atoms. The summed E-state index contributed by atoms with van der Waals surface area (Å²) in [4.78, 5) is 34.3. The summed E-state index contributed by atoms with van der Waals surface area (Å²) in [6.45, 7) is 9.12. The Hall–Kier alpha value is -2.46. The quantitative estimate of drug-likeness (QED) is 0.399. The van der Waals surface area contributed by atoms with E-state index in [4.69, 9.17) is 9.31 Å². The van der Waals surface area contributed by atoms with E-state index < -0.39 is 42.5 Å². The second kappa shape index (κ2) is 8.96. The van der Waals surface area contributed by atoms with Crippen LogP contribution in [-0.4, -0.2) is 48.5 Å². The average molecular weight is 439 g/mol. The molecule has 0 saturated carbocycles. The van der Waals surface area contributed by atoms with Gasteiger partial charge in [-0.15, -0.1) is 0 Å². The van der Waals surface area contributed by atoms with Gasteiger partial charge in [0.25, 0.3) is 0 Å². The molecule has 6 nitrogen and oxygen atoms in total. The summed E-state index contributed by atoms with van der Waals surface area (Å²) in [6, 6.07) is 5.75. The maximum atomic E-state index is 12.4. The third kappa shape index (κ3) is 6.27. The van der Waals surface area contributed by atoms with E-state index in [-0.39, 0.29) is 18.0 Å². The molecule has 1 N–H and O–H groups in total. The number of nitrogens with one attached hydrogen (secondary N) is 1. The highest BCUT2D eigenvalue weighted by Gasteiger charge is 2.52. The number of benzene rings is 1. The third-order valence-electron chi connectivity index (χ3n) is 5.32. The maximum Gasteiger partial charge on any atom is 0.492 e. The van der Waals surface area contributed by atoms with Gasteiger partial charge in [-0.3, -0.25) is 14.4 Å². The summed E-state index contributed by atoms with van der Waals surface area (Å²) in [7, 11) is -0.720. The maximum absolute atomic E-state index is 12.4.